The molecule has 2 aliphatic heterocycles. The number of aromatic nitrogens is 4. The number of fused-ring (bicyclic) bond motifs is 2. The number of amides is 4. The third-order valence-corrected chi connectivity index (χ3v) is 4.75. The van der Waals surface area contributed by atoms with Crippen molar-refractivity contribution in [1.82, 2.24) is 35.5 Å². The van der Waals surface area contributed by atoms with E-state index in [0.29, 0.717) is 5.06 Å². The predicted molar refractivity (Wildman–Crippen MR) is 92.1 cm³/mol. The van der Waals surface area contributed by atoms with Crippen LogP contribution in [0.15, 0.2) is 0 Å². The number of carbonyl (C=O) groups excluding carboxylic acids is 4. The molecular formula is C13H18N8O8S. The second-order valence-electron chi connectivity index (χ2n) is 6.65. The van der Waals surface area contributed by atoms with Gasteiger partial charge in [-0.1, -0.05) is 0 Å². The highest BCUT2D eigenvalue weighted by Crippen LogP contribution is 2.30. The summed E-state index contributed by atoms with van der Waals surface area (Å²) >= 11 is 0. The van der Waals surface area contributed by atoms with Crippen molar-refractivity contribution in [3.8, 4) is 0 Å². The van der Waals surface area contributed by atoms with Gasteiger partial charge >= 0.3 is 16.4 Å². The van der Waals surface area contributed by atoms with Crippen molar-refractivity contribution in [3.63, 3.8) is 0 Å². The van der Waals surface area contributed by atoms with Gasteiger partial charge in [0.15, 0.2) is 11.6 Å². The highest BCUT2D eigenvalue weighted by Gasteiger charge is 2.49. The van der Waals surface area contributed by atoms with E-state index in [4.69, 9.17) is 10.3 Å². The zero-order valence-electron chi connectivity index (χ0n) is 15.4. The van der Waals surface area contributed by atoms with Gasteiger partial charge < -0.3 is 16.0 Å². The summed E-state index contributed by atoms with van der Waals surface area (Å²) in [4.78, 5) is 49.6. The van der Waals surface area contributed by atoms with Gasteiger partial charge in [0, 0.05) is 6.54 Å². The lowest BCUT2D eigenvalue weighted by molar-refractivity contribution is -0.129. The Morgan fingerprint density at radius 2 is 2.03 bits per heavy atom. The normalized spacial score (nSPS) is 21.0. The maximum atomic E-state index is 12.4. The zero-order chi connectivity index (χ0) is 22.1. The van der Waals surface area contributed by atoms with E-state index in [-0.39, 0.29) is 44.7 Å². The fourth-order valence-electron chi connectivity index (χ4n) is 3.19. The van der Waals surface area contributed by atoms with Crippen molar-refractivity contribution in [1.29, 1.82) is 0 Å². The molecule has 0 radical (unpaired) electrons. The van der Waals surface area contributed by atoms with Gasteiger partial charge in [-0.05, 0) is 18.1 Å². The smallest absolute Gasteiger partial charge is 0.369 e. The van der Waals surface area contributed by atoms with Crippen molar-refractivity contribution in [2.45, 2.75) is 37.9 Å². The van der Waals surface area contributed by atoms with Gasteiger partial charge in [0.2, 0.25) is 11.8 Å². The Morgan fingerprint density at radius 3 is 2.70 bits per heavy atom. The van der Waals surface area contributed by atoms with E-state index in [0.717, 1.165) is 9.70 Å². The molecule has 0 saturated carbocycles. The monoisotopic (exact) mass is 446 g/mol. The van der Waals surface area contributed by atoms with Gasteiger partial charge in [0.05, 0.1) is 19.0 Å². The number of hydroxylamine groups is 2. The van der Waals surface area contributed by atoms with Crippen LogP contribution in [0.3, 0.4) is 0 Å². The number of rotatable bonds is 9. The Kier molecular flexibility index (Phi) is 5.94. The van der Waals surface area contributed by atoms with E-state index < -0.39 is 46.1 Å². The number of nitrogens with one attached hydrogen (secondary N) is 1. The number of primary amides is 1. The molecule has 2 aliphatic rings. The SMILES string of the molecule is NC(=O)Cc1nnn(CC(=O)CNC(=O)[C@@H]2CC[C@@H]3CN2C(=O)N3OS(=O)(=O)O)n1. The Labute approximate surface area is 169 Å². The van der Waals surface area contributed by atoms with Gasteiger partial charge in [-0.3, -0.25) is 18.9 Å². The van der Waals surface area contributed by atoms with Crippen LogP contribution in [0.2, 0.25) is 0 Å². The molecule has 3 rings (SSSR count). The highest BCUT2D eigenvalue weighted by atomic mass is 32.3. The number of urea groups is 1. The van der Waals surface area contributed by atoms with E-state index in [9.17, 15) is 27.6 Å². The lowest BCUT2D eigenvalue weighted by Crippen LogP contribution is -2.50. The number of carbonyl (C=O) groups is 4. The molecule has 0 unspecified atom stereocenters. The van der Waals surface area contributed by atoms with Gasteiger partial charge in [-0.15, -0.1) is 14.5 Å². The molecule has 2 bridgehead atoms. The van der Waals surface area contributed by atoms with Crippen LogP contribution in [0.4, 0.5) is 4.79 Å². The number of hydrogen-bond acceptors (Lipinski definition) is 10. The maximum Gasteiger partial charge on any atom is 0.418 e. The van der Waals surface area contributed by atoms with Crippen LogP contribution < -0.4 is 11.1 Å². The molecule has 4 N–H and O–H groups in total. The molecule has 4 amide bonds. The average Bonchev–Trinajstić information content (AvgIpc) is 3.16. The number of nitrogens with two attached hydrogens (primary N) is 1. The zero-order valence-corrected chi connectivity index (χ0v) is 16.2. The number of hydrogen-bond donors (Lipinski definition) is 3. The number of piperidine rings is 1. The largest absolute Gasteiger partial charge is 0.418 e. The second-order valence-corrected chi connectivity index (χ2v) is 7.65. The van der Waals surface area contributed by atoms with Crippen molar-refractivity contribution in [2.75, 3.05) is 13.1 Å². The summed E-state index contributed by atoms with van der Waals surface area (Å²) in [6.07, 6.45) is 0.244. The quantitative estimate of drug-likeness (QED) is 0.314. The lowest BCUT2D eigenvalue weighted by Gasteiger charge is -2.29. The molecule has 2 atom stereocenters. The minimum Gasteiger partial charge on any atom is -0.369 e. The molecular weight excluding hydrogens is 428 g/mol. The first kappa shape index (κ1) is 21.5. The molecule has 0 spiro atoms. The maximum absolute atomic E-state index is 12.4. The fraction of sp³-hybridized carbons (Fsp3) is 0.615. The topological polar surface area (TPSA) is 220 Å². The summed E-state index contributed by atoms with van der Waals surface area (Å²) in [6.45, 7) is -0.651. The van der Waals surface area contributed by atoms with E-state index >= 15 is 0 Å². The minimum absolute atomic E-state index is 0.0336. The summed E-state index contributed by atoms with van der Waals surface area (Å²) < 4.78 is 34.8. The number of ketones is 1. The summed E-state index contributed by atoms with van der Waals surface area (Å²) in [5.74, 6) is -1.67. The average molecular weight is 446 g/mol. The minimum atomic E-state index is -4.88. The lowest BCUT2D eigenvalue weighted by atomic mass is 10.0. The van der Waals surface area contributed by atoms with Crippen LogP contribution in [0.1, 0.15) is 18.7 Å². The first-order valence-corrected chi connectivity index (χ1v) is 10.0. The van der Waals surface area contributed by atoms with Crippen LogP contribution in [-0.4, -0.2) is 91.9 Å². The van der Waals surface area contributed by atoms with Crippen LogP contribution >= 0.6 is 0 Å². The van der Waals surface area contributed by atoms with Crippen molar-refractivity contribution >= 4 is 34.0 Å². The van der Waals surface area contributed by atoms with Crippen LogP contribution in [0.5, 0.6) is 0 Å². The standard InChI is InChI=1S/C13H18N8O8S/c14-10(23)3-11-16-18-20(17-11)6-8(22)4-15-12(24)9-2-1-7-5-19(9)13(25)21(7)29-30(26,27)28/h7,9H,1-6H2,(H2,14,23)(H,15,24)(H,26,27,28)/t7-,9+/m1/s1. The number of tetrazole rings is 1. The number of Topliss-reactive ketones (excluding diaryl/α,β-unsaturated/α-hetero) is 1. The van der Waals surface area contributed by atoms with Gasteiger partial charge in [0.1, 0.15) is 12.6 Å². The van der Waals surface area contributed by atoms with E-state index in [1.54, 1.807) is 0 Å². The molecule has 16 nitrogen and oxygen atoms in total. The summed E-state index contributed by atoms with van der Waals surface area (Å²) in [5, 5.41) is 13.9. The Morgan fingerprint density at radius 1 is 1.30 bits per heavy atom. The Hall–Kier alpha value is -3.18. The molecule has 3 heterocycles. The fourth-order valence-corrected chi connectivity index (χ4v) is 3.58. The first-order valence-electron chi connectivity index (χ1n) is 8.64. The van der Waals surface area contributed by atoms with E-state index in [1.807, 2.05) is 0 Å². The van der Waals surface area contributed by atoms with Crippen molar-refractivity contribution < 1.29 is 36.4 Å². The molecule has 2 saturated heterocycles. The van der Waals surface area contributed by atoms with Crippen LogP contribution in [0.25, 0.3) is 0 Å². The van der Waals surface area contributed by atoms with Crippen molar-refractivity contribution in [2.24, 2.45) is 5.73 Å². The van der Waals surface area contributed by atoms with Crippen LogP contribution in [0, 0.1) is 0 Å². The molecule has 0 aliphatic carbocycles. The first-order chi connectivity index (χ1) is 14.0. The predicted octanol–water partition coefficient (Wildman–Crippen LogP) is -3.61. The molecule has 164 valence electrons. The Bertz CT molecular complexity index is 978. The van der Waals surface area contributed by atoms with Gasteiger partial charge in [0.25, 0.3) is 0 Å². The van der Waals surface area contributed by atoms with Crippen molar-refractivity contribution in [3.05, 3.63) is 5.82 Å². The molecule has 2 fully saturated rings. The molecule has 30 heavy (non-hydrogen) atoms. The third-order valence-electron chi connectivity index (χ3n) is 4.40. The van der Waals surface area contributed by atoms with Gasteiger partial charge in [-0.2, -0.15) is 18.3 Å². The Balaban J connectivity index is 1.51. The summed E-state index contributed by atoms with van der Waals surface area (Å²) in [7, 11) is -4.88. The van der Waals surface area contributed by atoms with Crippen LogP contribution in [-0.2, 0) is 42.0 Å². The molecule has 17 heteroatoms. The second kappa shape index (κ2) is 8.28. The molecule has 1 aromatic heterocycles. The van der Waals surface area contributed by atoms with E-state index in [2.05, 4.69) is 25.0 Å². The third kappa shape index (κ3) is 5.05. The van der Waals surface area contributed by atoms with E-state index in [1.165, 1.54) is 0 Å². The summed E-state index contributed by atoms with van der Waals surface area (Å²) in [5.41, 5.74) is 5.01. The highest BCUT2D eigenvalue weighted by molar-refractivity contribution is 7.80. The summed E-state index contributed by atoms with van der Waals surface area (Å²) in [6, 6.07) is -2.43. The van der Waals surface area contributed by atoms with Gasteiger partial charge in [-0.25, -0.2) is 4.79 Å². The number of nitrogens with zero attached hydrogens (tertiary/aromatic N) is 6. The molecule has 0 aromatic carbocycles. The molecule has 1 aromatic rings.